The fourth-order valence-electron chi connectivity index (χ4n) is 9.99. The minimum atomic E-state index is -1.53. The number of amides is 4. The second-order valence-corrected chi connectivity index (χ2v) is 17.3. The molecule has 2 heterocycles. The van der Waals surface area contributed by atoms with E-state index in [1.165, 1.54) is 11.0 Å². The lowest BCUT2D eigenvalue weighted by Gasteiger charge is -2.50. The molecule has 0 radical (unpaired) electrons. The zero-order chi connectivity index (χ0) is 44.9. The SMILES string of the molecule is COc1ccc([C@@]23C(=O)N(Nc4ccc(Cl)cc4Cl)C(=O)[C@@H]2C[C@@H]2C(=CC[C@@H]4C(=O)N(c5ccc(N=Nc6ccc(N(C)C)cc6)cc5)C(=O)[C@@H]42)[C@@H]3c2ccc(OCCO)cc2)cc1. The summed E-state index contributed by atoms with van der Waals surface area (Å²) in [6, 6.07) is 33.5. The molecule has 9 rings (SSSR count). The highest BCUT2D eigenvalue weighted by atomic mass is 35.5. The average Bonchev–Trinajstić information content (AvgIpc) is 3.69. The summed E-state index contributed by atoms with van der Waals surface area (Å²) < 4.78 is 11.2. The lowest BCUT2D eigenvalue weighted by molar-refractivity contribution is -0.138. The lowest BCUT2D eigenvalue weighted by atomic mass is 9.49. The van der Waals surface area contributed by atoms with E-state index in [-0.39, 0.29) is 42.9 Å². The van der Waals surface area contributed by atoms with Gasteiger partial charge >= 0.3 is 0 Å². The number of halogens is 2. The number of nitrogens with zero attached hydrogens (tertiary/aromatic N) is 5. The standard InChI is InChI=1S/C49H44Cl2N6O7/c1-55(2)33-13-9-31(10-14-33)52-53-32-11-15-34(16-12-32)56-45(59)38-22-21-37-39(43(38)47(56)61)27-40-46(60)57(54-42-23-8-30(50)26-41(42)51)48(62)49(40,29-6-19-35(63-3)20-7-29)44(37)28-4-17-36(18-5-28)64-25-24-58/h4-21,23,26,38-40,43-44,54,58H,22,24-25,27H2,1-3H3/t38-,39+,40-,43-,44-,49+/m0/s1. The third-order valence-corrected chi connectivity index (χ3v) is 13.5. The Kier molecular flexibility index (Phi) is 11.5. The van der Waals surface area contributed by atoms with Crippen LogP contribution in [0, 0.1) is 23.7 Å². The Balaban J connectivity index is 1.11. The van der Waals surface area contributed by atoms with Gasteiger partial charge in [-0.2, -0.15) is 15.2 Å². The van der Waals surface area contributed by atoms with Gasteiger partial charge in [-0.3, -0.25) is 29.5 Å². The van der Waals surface area contributed by atoms with Gasteiger partial charge in [-0.05, 0) is 121 Å². The molecule has 1 saturated carbocycles. The Morgan fingerprint density at radius 1 is 0.797 bits per heavy atom. The van der Waals surface area contributed by atoms with Gasteiger partial charge in [-0.25, -0.2) is 0 Å². The number of azo groups is 1. The molecule has 0 unspecified atom stereocenters. The van der Waals surface area contributed by atoms with Crippen molar-refractivity contribution in [1.29, 1.82) is 0 Å². The number of nitrogens with one attached hydrogen (secondary N) is 1. The molecule has 5 aromatic carbocycles. The van der Waals surface area contributed by atoms with Gasteiger partial charge in [-0.1, -0.05) is 59.1 Å². The topological polar surface area (TPSA) is 153 Å². The first kappa shape index (κ1) is 42.7. The highest BCUT2D eigenvalue weighted by Gasteiger charge is 2.70. The van der Waals surface area contributed by atoms with Crippen LogP contribution in [-0.4, -0.2) is 68.2 Å². The van der Waals surface area contributed by atoms with E-state index in [0.29, 0.717) is 50.4 Å². The molecule has 0 bridgehead atoms. The normalized spacial score (nSPS) is 23.8. The van der Waals surface area contributed by atoms with Crippen LogP contribution in [-0.2, 0) is 24.6 Å². The van der Waals surface area contributed by atoms with Crippen LogP contribution in [0.2, 0.25) is 10.0 Å². The molecule has 0 spiro atoms. The van der Waals surface area contributed by atoms with E-state index in [1.807, 2.05) is 73.6 Å². The summed E-state index contributed by atoms with van der Waals surface area (Å²) in [5, 5.41) is 19.8. The Bertz CT molecular complexity index is 2690. The van der Waals surface area contributed by atoms with Crippen LogP contribution in [0.4, 0.5) is 28.4 Å². The summed E-state index contributed by atoms with van der Waals surface area (Å²) >= 11 is 12.8. The first-order valence-electron chi connectivity index (χ1n) is 20.9. The second kappa shape index (κ2) is 17.2. The Labute approximate surface area is 379 Å². The van der Waals surface area contributed by atoms with Crippen molar-refractivity contribution in [3.8, 4) is 11.5 Å². The van der Waals surface area contributed by atoms with Crippen molar-refractivity contribution in [3.63, 3.8) is 0 Å². The minimum Gasteiger partial charge on any atom is -0.497 e. The van der Waals surface area contributed by atoms with Crippen molar-refractivity contribution < 1.29 is 33.8 Å². The van der Waals surface area contributed by atoms with Gasteiger partial charge < -0.3 is 19.5 Å². The molecular weight excluding hydrogens is 855 g/mol. The van der Waals surface area contributed by atoms with E-state index in [4.69, 9.17) is 32.7 Å². The van der Waals surface area contributed by atoms with E-state index >= 15 is 9.59 Å². The zero-order valence-corrected chi connectivity index (χ0v) is 36.7. The second-order valence-electron chi connectivity index (χ2n) is 16.5. The van der Waals surface area contributed by atoms with Gasteiger partial charge in [-0.15, -0.1) is 0 Å². The molecular formula is C49H44Cl2N6O7. The van der Waals surface area contributed by atoms with Gasteiger partial charge in [0.25, 0.3) is 11.8 Å². The Morgan fingerprint density at radius 2 is 1.45 bits per heavy atom. The maximum absolute atomic E-state index is 15.6. The Morgan fingerprint density at radius 3 is 2.08 bits per heavy atom. The van der Waals surface area contributed by atoms with Crippen LogP contribution < -0.4 is 24.7 Å². The molecule has 15 heteroatoms. The van der Waals surface area contributed by atoms with E-state index in [9.17, 15) is 14.7 Å². The van der Waals surface area contributed by atoms with Crippen LogP contribution in [0.25, 0.3) is 0 Å². The number of ether oxygens (including phenoxy) is 2. The molecule has 4 amide bonds. The van der Waals surface area contributed by atoms with E-state index in [0.717, 1.165) is 16.3 Å². The molecule has 5 aromatic rings. The molecule has 13 nitrogen and oxygen atoms in total. The van der Waals surface area contributed by atoms with Gasteiger partial charge in [0.1, 0.15) is 18.1 Å². The number of benzene rings is 5. The average molecular weight is 900 g/mol. The number of carbonyl (C=O) groups excluding carboxylic acids is 4. The van der Waals surface area contributed by atoms with Crippen molar-refractivity contribution in [2.45, 2.75) is 24.2 Å². The smallest absolute Gasteiger partial charge is 0.260 e. The van der Waals surface area contributed by atoms with Gasteiger partial charge in [0.15, 0.2) is 0 Å². The summed E-state index contributed by atoms with van der Waals surface area (Å²) in [6.45, 7) is -0.0880. The number of allylic oxidation sites excluding steroid dienone is 2. The summed E-state index contributed by atoms with van der Waals surface area (Å²) in [5.74, 6) is -4.51. The molecule has 2 aliphatic heterocycles. The Hall–Kier alpha value is -6.54. The van der Waals surface area contributed by atoms with Gasteiger partial charge in [0.2, 0.25) is 11.8 Å². The molecule has 326 valence electrons. The summed E-state index contributed by atoms with van der Waals surface area (Å²) in [7, 11) is 5.47. The van der Waals surface area contributed by atoms with Crippen LogP contribution in [0.1, 0.15) is 29.9 Å². The number of aliphatic hydroxyl groups is 1. The third-order valence-electron chi connectivity index (χ3n) is 12.9. The number of fused-ring (bicyclic) bond motifs is 4. The number of aliphatic hydroxyl groups excluding tert-OH is 1. The highest BCUT2D eigenvalue weighted by molar-refractivity contribution is 6.36. The predicted octanol–water partition coefficient (Wildman–Crippen LogP) is 9.04. The number of rotatable bonds is 12. The van der Waals surface area contributed by atoms with Crippen molar-refractivity contribution in [1.82, 2.24) is 5.01 Å². The molecule has 2 aliphatic carbocycles. The third kappa shape index (κ3) is 7.27. The van der Waals surface area contributed by atoms with Crippen molar-refractivity contribution in [2.75, 3.05) is 49.6 Å². The molecule has 0 aromatic heterocycles. The van der Waals surface area contributed by atoms with Crippen LogP contribution in [0.5, 0.6) is 11.5 Å². The quantitative estimate of drug-likeness (QED) is 0.0710. The number of methoxy groups -OCH3 is 1. The van der Waals surface area contributed by atoms with Gasteiger partial charge in [0.05, 0.1) is 64.7 Å². The van der Waals surface area contributed by atoms with Crippen LogP contribution in [0.15, 0.2) is 137 Å². The molecule has 3 fully saturated rings. The summed E-state index contributed by atoms with van der Waals surface area (Å²) in [4.78, 5) is 63.2. The number of carbonyl (C=O) groups is 4. The fourth-order valence-corrected chi connectivity index (χ4v) is 10.4. The number of hydrazine groups is 1. The molecule has 4 aliphatic rings. The lowest BCUT2D eigenvalue weighted by Crippen LogP contribution is -2.53. The summed E-state index contributed by atoms with van der Waals surface area (Å²) in [6.07, 6.45) is 2.35. The highest BCUT2D eigenvalue weighted by Crippen LogP contribution is 2.64. The maximum atomic E-state index is 15.6. The van der Waals surface area contributed by atoms with Crippen molar-refractivity contribution in [2.24, 2.45) is 33.9 Å². The number of imide groups is 2. The first-order valence-corrected chi connectivity index (χ1v) is 21.6. The van der Waals surface area contributed by atoms with E-state index in [1.54, 1.807) is 67.8 Å². The molecule has 64 heavy (non-hydrogen) atoms. The number of anilines is 3. The number of hydrogen-bond acceptors (Lipinski definition) is 11. The monoisotopic (exact) mass is 898 g/mol. The predicted molar refractivity (Wildman–Crippen MR) is 244 cm³/mol. The van der Waals surface area contributed by atoms with Crippen molar-refractivity contribution >= 4 is 75.3 Å². The largest absolute Gasteiger partial charge is 0.497 e. The summed E-state index contributed by atoms with van der Waals surface area (Å²) in [5.41, 5.74) is 6.53. The minimum absolute atomic E-state index is 0.0863. The van der Waals surface area contributed by atoms with Crippen molar-refractivity contribution in [3.05, 3.63) is 148 Å². The fraction of sp³-hybridized carbons (Fsp3) is 0.265. The first-order chi connectivity index (χ1) is 30.9. The van der Waals surface area contributed by atoms with Crippen LogP contribution >= 0.6 is 23.2 Å². The van der Waals surface area contributed by atoms with Gasteiger partial charge in [0, 0.05) is 30.7 Å². The van der Waals surface area contributed by atoms with E-state index in [2.05, 4.69) is 15.7 Å². The molecule has 6 atom stereocenters. The van der Waals surface area contributed by atoms with Crippen LogP contribution in [0.3, 0.4) is 0 Å². The number of hydrogen-bond donors (Lipinski definition) is 2. The maximum Gasteiger partial charge on any atom is 0.260 e. The molecule has 2 saturated heterocycles. The molecule has 2 N–H and O–H groups in total. The van der Waals surface area contributed by atoms with E-state index < -0.39 is 46.8 Å². The zero-order valence-electron chi connectivity index (χ0n) is 35.2.